The molecule has 0 radical (unpaired) electrons. The first kappa shape index (κ1) is 11.7. The Labute approximate surface area is 112 Å². The number of aromatic nitrogens is 3. The minimum absolute atomic E-state index is 0.241. The Kier molecular flexibility index (Phi) is 2.72. The molecule has 0 aliphatic heterocycles. The molecule has 3 aromatic rings. The van der Waals surface area contributed by atoms with Crippen LogP contribution in [0.2, 0.25) is 5.02 Å². The molecule has 0 amide bonds. The third kappa shape index (κ3) is 2.17. The van der Waals surface area contributed by atoms with Crippen LogP contribution in [0.5, 0.6) is 0 Å². The first-order valence-corrected chi connectivity index (χ1v) is 5.81. The molecule has 0 bridgehead atoms. The highest BCUT2D eigenvalue weighted by Gasteiger charge is 2.13. The molecular formula is C12H8ClN3O3. The molecule has 0 saturated carbocycles. The molecule has 0 aliphatic carbocycles. The van der Waals surface area contributed by atoms with E-state index in [0.29, 0.717) is 11.6 Å². The van der Waals surface area contributed by atoms with E-state index < -0.39 is 5.97 Å². The Morgan fingerprint density at radius 3 is 3.00 bits per heavy atom. The van der Waals surface area contributed by atoms with Crippen molar-refractivity contribution in [2.75, 3.05) is 0 Å². The number of hydrogen-bond donors (Lipinski definition) is 1. The van der Waals surface area contributed by atoms with Gasteiger partial charge in [0, 0.05) is 22.1 Å². The zero-order valence-electron chi connectivity index (χ0n) is 9.58. The highest BCUT2D eigenvalue weighted by atomic mass is 35.5. The summed E-state index contributed by atoms with van der Waals surface area (Å²) in [6.45, 7) is 0.311. The summed E-state index contributed by atoms with van der Waals surface area (Å²) in [5.41, 5.74) is 0.958. The lowest BCUT2D eigenvalue weighted by Crippen LogP contribution is -2.01. The second-order valence-electron chi connectivity index (χ2n) is 3.96. The van der Waals surface area contributed by atoms with Crippen molar-refractivity contribution < 1.29 is 14.4 Å². The molecule has 19 heavy (non-hydrogen) atoms. The Morgan fingerprint density at radius 2 is 2.26 bits per heavy atom. The van der Waals surface area contributed by atoms with Crippen LogP contribution in [0.15, 0.2) is 35.0 Å². The van der Waals surface area contributed by atoms with Crippen LogP contribution in [-0.4, -0.2) is 25.8 Å². The Bertz CT molecular complexity index is 763. The lowest BCUT2D eigenvalue weighted by atomic mass is 10.2. The van der Waals surface area contributed by atoms with Gasteiger partial charge in [0.05, 0.1) is 0 Å². The van der Waals surface area contributed by atoms with Gasteiger partial charge in [-0.05, 0) is 29.4 Å². The number of nitrogens with zero attached hydrogens (tertiary/aromatic N) is 3. The quantitative estimate of drug-likeness (QED) is 0.795. The van der Waals surface area contributed by atoms with E-state index >= 15 is 0 Å². The van der Waals surface area contributed by atoms with Gasteiger partial charge in [-0.1, -0.05) is 11.6 Å². The van der Waals surface area contributed by atoms with Gasteiger partial charge in [0.25, 0.3) is 5.82 Å². The van der Waals surface area contributed by atoms with Crippen LogP contribution in [-0.2, 0) is 6.54 Å². The predicted octanol–water partition coefficient (Wildman–Crippen LogP) is 2.42. The standard InChI is InChI=1S/C12H8ClN3O3/c13-8-1-2-9-7(5-8)3-4-16(9)6-10-14-11(12(17)18)15-19-10/h1-5H,6H2,(H,17,18). The molecule has 6 nitrogen and oxygen atoms in total. The normalized spacial score (nSPS) is 11.0. The first-order valence-electron chi connectivity index (χ1n) is 5.44. The van der Waals surface area contributed by atoms with Crippen LogP contribution in [0.4, 0.5) is 0 Å². The van der Waals surface area contributed by atoms with E-state index in [1.54, 1.807) is 6.07 Å². The zero-order chi connectivity index (χ0) is 13.4. The molecule has 2 aromatic heterocycles. The third-order valence-electron chi connectivity index (χ3n) is 2.70. The lowest BCUT2D eigenvalue weighted by molar-refractivity contribution is 0.0680. The number of rotatable bonds is 3. The average Bonchev–Trinajstić information content (AvgIpc) is 2.97. The van der Waals surface area contributed by atoms with E-state index in [4.69, 9.17) is 21.2 Å². The fourth-order valence-electron chi connectivity index (χ4n) is 1.86. The van der Waals surface area contributed by atoms with Crippen molar-refractivity contribution in [2.24, 2.45) is 0 Å². The predicted molar refractivity (Wildman–Crippen MR) is 67.3 cm³/mol. The molecule has 1 aromatic carbocycles. The maximum atomic E-state index is 10.7. The summed E-state index contributed by atoms with van der Waals surface area (Å²) >= 11 is 5.91. The van der Waals surface area contributed by atoms with Crippen molar-refractivity contribution >= 4 is 28.5 Å². The molecule has 0 saturated heterocycles. The highest BCUT2D eigenvalue weighted by Crippen LogP contribution is 2.21. The molecule has 2 heterocycles. The average molecular weight is 278 g/mol. The Hall–Kier alpha value is -2.34. The van der Waals surface area contributed by atoms with E-state index in [0.717, 1.165) is 10.9 Å². The topological polar surface area (TPSA) is 81.1 Å². The number of carboxylic acid groups (broad SMARTS) is 1. The summed E-state index contributed by atoms with van der Waals surface area (Å²) in [7, 11) is 0. The summed E-state index contributed by atoms with van der Waals surface area (Å²) in [6, 6.07) is 7.43. The number of fused-ring (bicyclic) bond motifs is 1. The van der Waals surface area contributed by atoms with Crippen molar-refractivity contribution in [1.82, 2.24) is 14.7 Å². The van der Waals surface area contributed by atoms with Gasteiger partial charge in [0.15, 0.2) is 0 Å². The van der Waals surface area contributed by atoms with Crippen molar-refractivity contribution in [3.63, 3.8) is 0 Å². The van der Waals surface area contributed by atoms with Gasteiger partial charge in [-0.3, -0.25) is 0 Å². The third-order valence-corrected chi connectivity index (χ3v) is 2.93. The van der Waals surface area contributed by atoms with Gasteiger partial charge in [-0.25, -0.2) is 4.79 Å². The van der Waals surface area contributed by atoms with E-state index in [-0.39, 0.29) is 11.7 Å². The fraction of sp³-hybridized carbons (Fsp3) is 0.0833. The monoisotopic (exact) mass is 277 g/mol. The fourth-order valence-corrected chi connectivity index (χ4v) is 2.04. The lowest BCUT2D eigenvalue weighted by Gasteiger charge is -2.01. The Morgan fingerprint density at radius 1 is 1.42 bits per heavy atom. The second-order valence-corrected chi connectivity index (χ2v) is 4.40. The zero-order valence-corrected chi connectivity index (χ0v) is 10.3. The van der Waals surface area contributed by atoms with Crippen LogP contribution in [0.3, 0.4) is 0 Å². The van der Waals surface area contributed by atoms with Crippen LogP contribution in [0, 0.1) is 0 Å². The van der Waals surface area contributed by atoms with Gasteiger partial charge >= 0.3 is 5.97 Å². The molecule has 0 spiro atoms. The summed E-state index contributed by atoms with van der Waals surface area (Å²) in [4.78, 5) is 14.4. The van der Waals surface area contributed by atoms with Crippen LogP contribution in [0.1, 0.15) is 16.5 Å². The number of hydrogen-bond acceptors (Lipinski definition) is 4. The molecule has 3 rings (SSSR count). The minimum Gasteiger partial charge on any atom is -0.475 e. The van der Waals surface area contributed by atoms with Crippen molar-refractivity contribution in [3.05, 3.63) is 47.2 Å². The molecule has 0 aliphatic rings. The van der Waals surface area contributed by atoms with Crippen molar-refractivity contribution in [1.29, 1.82) is 0 Å². The SMILES string of the molecule is O=C(O)c1noc(Cn2ccc3cc(Cl)ccc32)n1. The van der Waals surface area contributed by atoms with E-state index in [2.05, 4.69) is 10.1 Å². The van der Waals surface area contributed by atoms with E-state index in [9.17, 15) is 4.79 Å². The summed E-state index contributed by atoms with van der Waals surface area (Å²) in [5, 5.41) is 13.7. The van der Waals surface area contributed by atoms with Gasteiger partial charge in [-0.2, -0.15) is 4.98 Å². The number of halogens is 1. The second kappa shape index (κ2) is 4.40. The minimum atomic E-state index is -1.21. The highest BCUT2D eigenvalue weighted by molar-refractivity contribution is 6.31. The van der Waals surface area contributed by atoms with E-state index in [1.807, 2.05) is 29.0 Å². The molecule has 0 unspecified atom stereocenters. The maximum absolute atomic E-state index is 10.7. The molecule has 1 N–H and O–H groups in total. The van der Waals surface area contributed by atoms with Gasteiger partial charge in [-0.15, -0.1) is 0 Å². The first-order chi connectivity index (χ1) is 9.13. The molecular weight excluding hydrogens is 270 g/mol. The van der Waals surface area contributed by atoms with Crippen LogP contribution in [0.25, 0.3) is 10.9 Å². The van der Waals surface area contributed by atoms with Gasteiger partial charge in [0.2, 0.25) is 5.89 Å². The van der Waals surface area contributed by atoms with Crippen LogP contribution < -0.4 is 0 Å². The number of aromatic carboxylic acids is 1. The van der Waals surface area contributed by atoms with Crippen LogP contribution >= 0.6 is 11.6 Å². The summed E-state index contributed by atoms with van der Waals surface area (Å²) in [5.74, 6) is -1.31. The van der Waals surface area contributed by atoms with Gasteiger partial charge in [0.1, 0.15) is 6.54 Å². The van der Waals surface area contributed by atoms with Crippen molar-refractivity contribution in [2.45, 2.75) is 6.54 Å². The summed E-state index contributed by atoms with van der Waals surface area (Å²) in [6.07, 6.45) is 1.85. The molecule has 7 heteroatoms. The molecule has 96 valence electrons. The Balaban J connectivity index is 1.94. The van der Waals surface area contributed by atoms with Crippen molar-refractivity contribution in [3.8, 4) is 0 Å². The van der Waals surface area contributed by atoms with Gasteiger partial charge < -0.3 is 14.2 Å². The molecule has 0 fully saturated rings. The number of carbonyl (C=O) groups is 1. The smallest absolute Gasteiger partial charge is 0.377 e. The maximum Gasteiger partial charge on any atom is 0.377 e. The number of carboxylic acids is 1. The number of benzene rings is 1. The summed E-state index contributed by atoms with van der Waals surface area (Å²) < 4.78 is 6.76. The largest absolute Gasteiger partial charge is 0.475 e. The van der Waals surface area contributed by atoms with E-state index in [1.165, 1.54) is 0 Å². The molecule has 0 atom stereocenters.